The number of amides is 1. The van der Waals surface area contributed by atoms with Gasteiger partial charge >= 0.3 is 6.18 Å². The topological polar surface area (TPSA) is 29.1 Å². The lowest BCUT2D eigenvalue weighted by molar-refractivity contribution is -0.138. The van der Waals surface area contributed by atoms with E-state index in [1.54, 1.807) is 6.07 Å². The average molecular weight is 285 g/mol. The maximum Gasteiger partial charge on any atom is 0.416 e. The van der Waals surface area contributed by atoms with Crippen molar-refractivity contribution in [3.8, 4) is 0 Å². The highest BCUT2D eigenvalue weighted by Gasteiger charge is 2.48. The van der Waals surface area contributed by atoms with Gasteiger partial charge in [-0.3, -0.25) is 4.79 Å². The van der Waals surface area contributed by atoms with E-state index < -0.39 is 11.7 Å². The highest BCUT2D eigenvalue weighted by Crippen LogP contribution is 2.51. The Labute approximate surface area is 116 Å². The largest absolute Gasteiger partial charge is 0.416 e. The Hall–Kier alpha value is -1.52. The lowest BCUT2D eigenvalue weighted by Crippen LogP contribution is -2.41. The van der Waals surface area contributed by atoms with Gasteiger partial charge in [0.25, 0.3) is 0 Å². The van der Waals surface area contributed by atoms with Crippen molar-refractivity contribution in [3.05, 3.63) is 35.4 Å². The number of hydrogen-bond acceptors (Lipinski definition) is 1. The lowest BCUT2D eigenvalue weighted by Gasteiger charge is -2.20. The van der Waals surface area contributed by atoms with E-state index in [1.165, 1.54) is 12.1 Å². The summed E-state index contributed by atoms with van der Waals surface area (Å²) >= 11 is 0. The molecule has 0 bridgehead atoms. The van der Waals surface area contributed by atoms with Gasteiger partial charge in [-0.05, 0) is 44.7 Å². The van der Waals surface area contributed by atoms with Crippen molar-refractivity contribution in [3.63, 3.8) is 0 Å². The Morgan fingerprint density at radius 1 is 1.20 bits per heavy atom. The first kappa shape index (κ1) is 14.9. The molecular weight excluding hydrogens is 267 g/mol. The Kier molecular flexibility index (Phi) is 3.56. The zero-order chi connectivity index (χ0) is 15.1. The quantitative estimate of drug-likeness (QED) is 0.881. The molecule has 0 spiro atoms. The Morgan fingerprint density at radius 3 is 2.35 bits per heavy atom. The SMILES string of the molecule is CC(C)(C)NC(=O)C1CC1c1ccccc1C(F)(F)F. The molecular formula is C15H18F3NO. The molecule has 1 saturated carbocycles. The fourth-order valence-corrected chi connectivity index (χ4v) is 2.37. The molecule has 110 valence electrons. The highest BCUT2D eigenvalue weighted by molar-refractivity contribution is 5.83. The van der Waals surface area contributed by atoms with Gasteiger partial charge in [-0.15, -0.1) is 0 Å². The standard InChI is InChI=1S/C15H18F3NO/c1-14(2,3)19-13(20)11-8-10(11)9-6-4-5-7-12(9)15(16,17)18/h4-7,10-11H,8H2,1-3H3,(H,19,20). The van der Waals surface area contributed by atoms with Crippen LogP contribution in [0.4, 0.5) is 13.2 Å². The van der Waals surface area contributed by atoms with E-state index in [1.807, 2.05) is 20.8 Å². The minimum Gasteiger partial charge on any atom is -0.351 e. The summed E-state index contributed by atoms with van der Waals surface area (Å²) in [5.41, 5.74) is -0.765. The third kappa shape index (κ3) is 3.32. The van der Waals surface area contributed by atoms with Crippen LogP contribution in [0.1, 0.15) is 44.2 Å². The molecule has 1 aliphatic rings. The minimum absolute atomic E-state index is 0.167. The van der Waals surface area contributed by atoms with Crippen LogP contribution in [0.25, 0.3) is 0 Å². The predicted octanol–water partition coefficient (Wildman–Crippen LogP) is 3.72. The van der Waals surface area contributed by atoms with Gasteiger partial charge < -0.3 is 5.32 Å². The summed E-state index contributed by atoms with van der Waals surface area (Å²) in [5, 5.41) is 2.82. The van der Waals surface area contributed by atoms with Gasteiger partial charge in [-0.1, -0.05) is 18.2 Å². The fourth-order valence-electron chi connectivity index (χ4n) is 2.37. The minimum atomic E-state index is -4.37. The first-order chi connectivity index (χ1) is 9.09. The third-order valence-corrected chi connectivity index (χ3v) is 3.29. The van der Waals surface area contributed by atoms with E-state index >= 15 is 0 Å². The van der Waals surface area contributed by atoms with Crippen molar-refractivity contribution in [2.45, 2.75) is 44.8 Å². The third-order valence-electron chi connectivity index (χ3n) is 3.29. The number of carbonyl (C=O) groups excluding carboxylic acids is 1. The van der Waals surface area contributed by atoms with Crippen molar-refractivity contribution in [2.24, 2.45) is 5.92 Å². The Morgan fingerprint density at radius 2 is 1.80 bits per heavy atom. The summed E-state index contributed by atoms with van der Waals surface area (Å²) in [7, 11) is 0. The number of carbonyl (C=O) groups is 1. The summed E-state index contributed by atoms with van der Waals surface area (Å²) < 4.78 is 38.8. The van der Waals surface area contributed by atoms with E-state index in [4.69, 9.17) is 0 Å². The summed E-state index contributed by atoms with van der Waals surface area (Å²) in [6, 6.07) is 5.50. The van der Waals surface area contributed by atoms with Crippen LogP contribution < -0.4 is 5.32 Å². The van der Waals surface area contributed by atoms with Crippen LogP contribution in [0.5, 0.6) is 0 Å². The van der Waals surface area contributed by atoms with Gasteiger partial charge in [0.15, 0.2) is 0 Å². The van der Waals surface area contributed by atoms with E-state index in [9.17, 15) is 18.0 Å². The average Bonchev–Trinajstić information content (AvgIpc) is 3.05. The molecule has 2 nitrogen and oxygen atoms in total. The van der Waals surface area contributed by atoms with Crippen LogP contribution in [-0.2, 0) is 11.0 Å². The first-order valence-electron chi connectivity index (χ1n) is 6.58. The molecule has 1 aromatic rings. The van der Waals surface area contributed by atoms with E-state index in [-0.39, 0.29) is 28.8 Å². The van der Waals surface area contributed by atoms with Gasteiger partial charge in [-0.2, -0.15) is 13.2 Å². The molecule has 0 radical (unpaired) electrons. The molecule has 0 saturated heterocycles. The highest BCUT2D eigenvalue weighted by atomic mass is 19.4. The molecule has 2 unspecified atom stereocenters. The van der Waals surface area contributed by atoms with Crippen molar-refractivity contribution in [1.82, 2.24) is 5.32 Å². The summed E-state index contributed by atoms with van der Waals surface area (Å²) in [6.07, 6.45) is -3.89. The van der Waals surface area contributed by atoms with Crippen LogP contribution in [0.2, 0.25) is 0 Å². The number of alkyl halides is 3. The second-order valence-electron chi connectivity index (χ2n) is 6.27. The summed E-state index contributed by atoms with van der Waals surface area (Å²) in [5.74, 6) is -0.840. The van der Waals surface area contributed by atoms with Crippen molar-refractivity contribution in [1.29, 1.82) is 0 Å². The number of rotatable bonds is 2. The molecule has 5 heteroatoms. The molecule has 1 amide bonds. The van der Waals surface area contributed by atoms with Gasteiger partial charge in [-0.25, -0.2) is 0 Å². The zero-order valence-corrected chi connectivity index (χ0v) is 11.7. The molecule has 1 N–H and O–H groups in total. The second kappa shape index (κ2) is 4.79. The maximum atomic E-state index is 12.9. The lowest BCUT2D eigenvalue weighted by atomic mass is 10.0. The van der Waals surface area contributed by atoms with Gasteiger partial charge in [0.05, 0.1) is 5.56 Å². The molecule has 2 rings (SSSR count). The fraction of sp³-hybridized carbons (Fsp3) is 0.533. The van der Waals surface area contributed by atoms with Crippen LogP contribution in [0.3, 0.4) is 0 Å². The predicted molar refractivity (Wildman–Crippen MR) is 70.2 cm³/mol. The maximum absolute atomic E-state index is 12.9. The molecule has 0 aromatic heterocycles. The van der Waals surface area contributed by atoms with Crippen LogP contribution in [0, 0.1) is 5.92 Å². The van der Waals surface area contributed by atoms with Crippen LogP contribution in [-0.4, -0.2) is 11.4 Å². The summed E-state index contributed by atoms with van der Waals surface area (Å²) in [6.45, 7) is 5.56. The van der Waals surface area contributed by atoms with Gasteiger partial charge in [0, 0.05) is 11.5 Å². The molecule has 1 fully saturated rings. The molecule has 0 aliphatic heterocycles. The van der Waals surface area contributed by atoms with Crippen molar-refractivity contribution in [2.75, 3.05) is 0 Å². The van der Waals surface area contributed by atoms with Crippen LogP contribution >= 0.6 is 0 Å². The molecule has 0 heterocycles. The number of halogens is 3. The number of benzene rings is 1. The van der Waals surface area contributed by atoms with Crippen molar-refractivity contribution >= 4 is 5.91 Å². The van der Waals surface area contributed by atoms with Gasteiger partial charge in [0.1, 0.15) is 0 Å². The van der Waals surface area contributed by atoms with Crippen molar-refractivity contribution < 1.29 is 18.0 Å². The summed E-state index contributed by atoms with van der Waals surface area (Å²) in [4.78, 5) is 12.0. The van der Waals surface area contributed by atoms with E-state index in [0.717, 1.165) is 6.07 Å². The smallest absolute Gasteiger partial charge is 0.351 e. The van der Waals surface area contributed by atoms with E-state index in [0.29, 0.717) is 6.42 Å². The second-order valence-corrected chi connectivity index (χ2v) is 6.27. The van der Waals surface area contributed by atoms with Crippen LogP contribution in [0.15, 0.2) is 24.3 Å². The first-order valence-corrected chi connectivity index (χ1v) is 6.58. The Bertz CT molecular complexity index is 517. The number of nitrogens with one attached hydrogen (secondary N) is 1. The molecule has 1 aliphatic carbocycles. The Balaban J connectivity index is 2.15. The number of hydrogen-bond donors (Lipinski definition) is 1. The van der Waals surface area contributed by atoms with Gasteiger partial charge in [0.2, 0.25) is 5.91 Å². The van der Waals surface area contributed by atoms with E-state index in [2.05, 4.69) is 5.32 Å². The zero-order valence-electron chi connectivity index (χ0n) is 11.7. The molecule has 20 heavy (non-hydrogen) atoms. The molecule has 1 aromatic carbocycles. The molecule has 2 atom stereocenters. The monoisotopic (exact) mass is 285 g/mol. The normalized spacial score (nSPS) is 22.5.